The van der Waals surface area contributed by atoms with Crippen LogP contribution < -0.4 is 10.4 Å². The molecule has 2 rings (SSSR count). The molecule has 1 N–H and O–H groups in total. The largest absolute Gasteiger partial charge is 0.550 e. The summed E-state index contributed by atoms with van der Waals surface area (Å²) in [6.45, 7) is 3.91. The van der Waals surface area contributed by atoms with E-state index in [-0.39, 0.29) is 12.3 Å². The van der Waals surface area contributed by atoms with Gasteiger partial charge in [-0.3, -0.25) is 4.79 Å². The van der Waals surface area contributed by atoms with Gasteiger partial charge in [0.2, 0.25) is 5.91 Å². The Labute approximate surface area is 150 Å². The normalized spacial score (nSPS) is 11.8. The van der Waals surface area contributed by atoms with E-state index in [1.54, 1.807) is 12.1 Å². The summed E-state index contributed by atoms with van der Waals surface area (Å²) in [5.74, 6) is -2.23. The summed E-state index contributed by atoms with van der Waals surface area (Å²) >= 11 is 3.42. The zero-order chi connectivity index (χ0) is 17.7. The van der Waals surface area contributed by atoms with Crippen LogP contribution in [0.4, 0.5) is 5.69 Å². The Hall–Kier alpha value is -2.14. The Kier molecular flexibility index (Phi) is 6.15. The van der Waals surface area contributed by atoms with E-state index in [9.17, 15) is 14.7 Å². The van der Waals surface area contributed by atoms with Crippen molar-refractivity contribution >= 4 is 33.5 Å². The van der Waals surface area contributed by atoms with Crippen LogP contribution in [0.1, 0.15) is 23.1 Å². The molecule has 0 unspecified atom stereocenters. The van der Waals surface area contributed by atoms with E-state index in [4.69, 9.17) is 0 Å². The quantitative estimate of drug-likeness (QED) is 0.826. The molecule has 1 amide bonds. The number of rotatable bonds is 6. The van der Waals surface area contributed by atoms with Crippen molar-refractivity contribution in [3.8, 4) is 0 Å². The summed E-state index contributed by atoms with van der Waals surface area (Å²) in [6, 6.07) is 13.2. The molecule has 2 aromatic rings. The van der Waals surface area contributed by atoms with Gasteiger partial charge in [-0.15, -0.1) is 0 Å². The van der Waals surface area contributed by atoms with Crippen molar-refractivity contribution in [1.29, 1.82) is 0 Å². The van der Waals surface area contributed by atoms with Crippen molar-refractivity contribution in [3.63, 3.8) is 0 Å². The van der Waals surface area contributed by atoms with Crippen LogP contribution in [0.2, 0.25) is 0 Å². The fourth-order valence-electron chi connectivity index (χ4n) is 2.50. The van der Waals surface area contributed by atoms with Gasteiger partial charge >= 0.3 is 0 Å². The van der Waals surface area contributed by atoms with Gasteiger partial charge in [-0.2, -0.15) is 0 Å². The molecular formula is C19H19BrNO3-. The van der Waals surface area contributed by atoms with Crippen molar-refractivity contribution in [2.75, 3.05) is 5.32 Å². The first kappa shape index (κ1) is 18.2. The van der Waals surface area contributed by atoms with Crippen molar-refractivity contribution < 1.29 is 14.7 Å². The van der Waals surface area contributed by atoms with E-state index >= 15 is 0 Å². The molecule has 126 valence electrons. The van der Waals surface area contributed by atoms with E-state index in [0.29, 0.717) is 12.1 Å². The molecule has 1 atom stereocenters. The van der Waals surface area contributed by atoms with E-state index in [2.05, 4.69) is 21.2 Å². The summed E-state index contributed by atoms with van der Waals surface area (Å²) in [7, 11) is 0. The van der Waals surface area contributed by atoms with Gasteiger partial charge in [0.1, 0.15) is 0 Å². The minimum atomic E-state index is -1.23. The lowest BCUT2D eigenvalue weighted by Gasteiger charge is -2.18. The first-order valence-corrected chi connectivity index (χ1v) is 8.47. The maximum Gasteiger partial charge on any atom is 0.228 e. The zero-order valence-electron chi connectivity index (χ0n) is 13.6. The van der Waals surface area contributed by atoms with Crippen LogP contribution in [0, 0.1) is 19.8 Å². The molecule has 0 radical (unpaired) electrons. The van der Waals surface area contributed by atoms with Crippen LogP contribution in [-0.4, -0.2) is 11.9 Å². The number of nitrogens with one attached hydrogen (secondary N) is 1. The Balaban J connectivity index is 2.15. The van der Waals surface area contributed by atoms with Crippen LogP contribution in [0.15, 0.2) is 46.9 Å². The number of anilines is 1. The van der Waals surface area contributed by atoms with E-state index in [1.807, 2.05) is 44.2 Å². The third-order valence-electron chi connectivity index (χ3n) is 3.79. The molecule has 0 aliphatic carbocycles. The fourth-order valence-corrected chi connectivity index (χ4v) is 2.88. The second-order valence-corrected chi connectivity index (χ2v) is 6.77. The highest BCUT2D eigenvalue weighted by molar-refractivity contribution is 9.10. The molecule has 0 aromatic heterocycles. The summed E-state index contributed by atoms with van der Waals surface area (Å²) < 4.78 is 0.885. The lowest BCUT2D eigenvalue weighted by atomic mass is 9.94. The average molecular weight is 389 g/mol. The highest BCUT2D eigenvalue weighted by Gasteiger charge is 2.20. The molecule has 0 saturated carbocycles. The molecule has 0 bridgehead atoms. The minimum Gasteiger partial charge on any atom is -0.550 e. The number of carbonyl (C=O) groups is 2. The van der Waals surface area contributed by atoms with Crippen LogP contribution in [0.3, 0.4) is 0 Å². The monoisotopic (exact) mass is 388 g/mol. The summed E-state index contributed by atoms with van der Waals surface area (Å²) in [6.07, 6.45) is 0.0430. The summed E-state index contributed by atoms with van der Waals surface area (Å²) in [5.41, 5.74) is 3.69. The predicted octanol–water partition coefficient (Wildman–Crippen LogP) is 3.00. The van der Waals surface area contributed by atoms with Crippen molar-refractivity contribution in [2.45, 2.75) is 26.7 Å². The maximum absolute atomic E-state index is 12.5. The Morgan fingerprint density at radius 1 is 1.17 bits per heavy atom. The van der Waals surface area contributed by atoms with Crippen LogP contribution in [0.25, 0.3) is 0 Å². The molecule has 0 aliphatic heterocycles. The number of hydrogen-bond acceptors (Lipinski definition) is 3. The average Bonchev–Trinajstić information content (AvgIpc) is 2.50. The van der Waals surface area contributed by atoms with Gasteiger partial charge < -0.3 is 15.2 Å². The van der Waals surface area contributed by atoms with E-state index < -0.39 is 11.9 Å². The number of amides is 1. The van der Waals surface area contributed by atoms with Gasteiger partial charge in [0.15, 0.2) is 0 Å². The number of carboxylic acid groups (broad SMARTS) is 1. The summed E-state index contributed by atoms with van der Waals surface area (Å²) in [5, 5.41) is 13.8. The maximum atomic E-state index is 12.5. The minimum absolute atomic E-state index is 0.313. The van der Waals surface area contributed by atoms with Crippen LogP contribution in [0.5, 0.6) is 0 Å². The van der Waals surface area contributed by atoms with Gasteiger partial charge in [0, 0.05) is 22.0 Å². The molecule has 0 saturated heterocycles. The third kappa shape index (κ3) is 5.20. The number of carboxylic acids is 1. The van der Waals surface area contributed by atoms with E-state index in [1.165, 1.54) is 0 Å². The fraction of sp³-hybridized carbons (Fsp3) is 0.263. The third-order valence-corrected chi connectivity index (χ3v) is 4.64. The number of benzene rings is 2. The second-order valence-electron chi connectivity index (χ2n) is 5.92. The zero-order valence-corrected chi connectivity index (χ0v) is 15.2. The highest BCUT2D eigenvalue weighted by Crippen LogP contribution is 2.22. The lowest BCUT2D eigenvalue weighted by molar-refractivity contribution is -0.306. The first-order valence-electron chi connectivity index (χ1n) is 7.67. The molecule has 5 heteroatoms. The molecule has 0 spiro atoms. The molecular weight excluding hydrogens is 370 g/mol. The summed E-state index contributed by atoms with van der Waals surface area (Å²) in [4.78, 5) is 23.5. The van der Waals surface area contributed by atoms with Gasteiger partial charge in [0.05, 0.1) is 0 Å². The molecule has 0 fully saturated rings. The van der Waals surface area contributed by atoms with Crippen molar-refractivity contribution in [1.82, 2.24) is 0 Å². The van der Waals surface area contributed by atoms with Gasteiger partial charge in [-0.05, 0) is 49.9 Å². The number of hydrogen-bond donors (Lipinski definition) is 1. The molecule has 24 heavy (non-hydrogen) atoms. The van der Waals surface area contributed by atoms with Crippen molar-refractivity contribution in [3.05, 3.63) is 63.6 Å². The molecule has 0 aliphatic rings. The SMILES string of the molecule is Cc1cccc(C[C@H](CC(=O)[O-])C(=O)Nc2ccc(C)c(Br)c2)c1. The molecule has 0 heterocycles. The Bertz CT molecular complexity index is 758. The number of carbonyl (C=O) groups excluding carboxylic acids is 2. The molecule has 4 nitrogen and oxygen atoms in total. The molecule has 2 aromatic carbocycles. The smallest absolute Gasteiger partial charge is 0.228 e. The van der Waals surface area contributed by atoms with Crippen LogP contribution >= 0.6 is 15.9 Å². The second kappa shape index (κ2) is 8.11. The topological polar surface area (TPSA) is 69.2 Å². The number of halogens is 1. The van der Waals surface area contributed by atoms with Gasteiger partial charge in [0.25, 0.3) is 0 Å². The number of aliphatic carboxylic acids is 1. The highest BCUT2D eigenvalue weighted by atomic mass is 79.9. The van der Waals surface area contributed by atoms with Gasteiger partial charge in [-0.1, -0.05) is 51.8 Å². The lowest BCUT2D eigenvalue weighted by Crippen LogP contribution is -2.32. The Morgan fingerprint density at radius 3 is 2.54 bits per heavy atom. The Morgan fingerprint density at radius 2 is 1.92 bits per heavy atom. The van der Waals surface area contributed by atoms with Gasteiger partial charge in [-0.25, -0.2) is 0 Å². The van der Waals surface area contributed by atoms with Crippen LogP contribution in [-0.2, 0) is 16.0 Å². The predicted molar refractivity (Wildman–Crippen MR) is 95.5 cm³/mol. The van der Waals surface area contributed by atoms with Crippen molar-refractivity contribution in [2.24, 2.45) is 5.92 Å². The first-order chi connectivity index (χ1) is 11.3. The van der Waals surface area contributed by atoms with E-state index in [0.717, 1.165) is 21.2 Å². The number of aryl methyl sites for hydroxylation is 2. The standard InChI is InChI=1S/C19H20BrNO3/c1-12-4-3-5-14(8-12)9-15(10-18(22)23)19(24)21-16-7-6-13(2)17(20)11-16/h3-8,11,15H,9-10H2,1-2H3,(H,21,24)(H,22,23)/p-1/t15-/m1/s1.